The maximum absolute atomic E-state index is 11.9. The largest absolute Gasteiger partial charge is 0.372 e. The number of aryl methyl sites for hydroxylation is 1. The van der Waals surface area contributed by atoms with E-state index >= 15 is 0 Å². The van der Waals surface area contributed by atoms with E-state index in [1.54, 1.807) is 36.4 Å². The average Bonchev–Trinajstić information content (AvgIpc) is 2.47. The smallest absolute Gasteiger partial charge is 0.258 e. The van der Waals surface area contributed by atoms with E-state index in [4.69, 9.17) is 5.73 Å². The third-order valence-corrected chi connectivity index (χ3v) is 3.34. The fourth-order valence-electron chi connectivity index (χ4n) is 2.29. The molecule has 3 nitrogen and oxygen atoms in total. The molecule has 0 saturated heterocycles. The van der Waals surface area contributed by atoms with Gasteiger partial charge in [0.1, 0.15) is 0 Å². The second kappa shape index (κ2) is 5.24. The summed E-state index contributed by atoms with van der Waals surface area (Å²) in [5.41, 5.74) is 5.64. The van der Waals surface area contributed by atoms with Crippen molar-refractivity contribution in [2.45, 2.75) is 18.9 Å². The highest BCUT2D eigenvalue weighted by atomic mass is 16.3. The minimum absolute atomic E-state index is 0.489. The van der Waals surface area contributed by atoms with Gasteiger partial charge in [-0.2, -0.15) is 0 Å². The summed E-state index contributed by atoms with van der Waals surface area (Å²) >= 11 is 0. The second-order valence-corrected chi connectivity index (χ2v) is 4.45. The molecule has 0 aliphatic rings. The molecule has 0 bridgehead atoms. The third-order valence-electron chi connectivity index (χ3n) is 3.34. The standard InChI is InChI=1S/C16H17NO2/c1-2-12-8-6-7-11-14(12)16(19,15(17)18)13-9-4-3-5-10-13/h3-11,19H,2H2,1H3,(H2,17,18)/t16-/m0/s1. The van der Waals surface area contributed by atoms with E-state index in [1.807, 2.05) is 25.1 Å². The van der Waals surface area contributed by atoms with Crippen LogP contribution >= 0.6 is 0 Å². The van der Waals surface area contributed by atoms with E-state index in [9.17, 15) is 9.90 Å². The van der Waals surface area contributed by atoms with Crippen molar-refractivity contribution in [1.29, 1.82) is 0 Å². The molecule has 0 spiro atoms. The molecule has 0 unspecified atom stereocenters. The molecule has 1 atom stereocenters. The van der Waals surface area contributed by atoms with E-state index in [1.165, 1.54) is 0 Å². The Morgan fingerprint density at radius 3 is 2.26 bits per heavy atom. The van der Waals surface area contributed by atoms with Gasteiger partial charge < -0.3 is 10.8 Å². The van der Waals surface area contributed by atoms with Gasteiger partial charge in [-0.3, -0.25) is 4.79 Å². The van der Waals surface area contributed by atoms with Crippen LogP contribution in [0, 0.1) is 0 Å². The Morgan fingerprint density at radius 2 is 1.68 bits per heavy atom. The highest BCUT2D eigenvalue weighted by molar-refractivity contribution is 5.89. The van der Waals surface area contributed by atoms with Gasteiger partial charge in [-0.1, -0.05) is 61.5 Å². The lowest BCUT2D eigenvalue weighted by Crippen LogP contribution is -2.42. The number of carbonyl (C=O) groups excluding carboxylic acids is 1. The van der Waals surface area contributed by atoms with Crippen molar-refractivity contribution >= 4 is 5.91 Å². The van der Waals surface area contributed by atoms with Crippen LogP contribution in [0.25, 0.3) is 0 Å². The summed E-state index contributed by atoms with van der Waals surface area (Å²) in [6, 6.07) is 16.1. The summed E-state index contributed by atoms with van der Waals surface area (Å²) in [6.45, 7) is 1.98. The minimum Gasteiger partial charge on any atom is -0.372 e. The molecule has 19 heavy (non-hydrogen) atoms. The van der Waals surface area contributed by atoms with Crippen molar-refractivity contribution in [2.24, 2.45) is 5.73 Å². The Balaban J connectivity index is 2.67. The van der Waals surface area contributed by atoms with Gasteiger partial charge in [0.25, 0.3) is 5.91 Å². The van der Waals surface area contributed by atoms with Crippen molar-refractivity contribution in [2.75, 3.05) is 0 Å². The van der Waals surface area contributed by atoms with E-state index in [0.29, 0.717) is 11.1 Å². The van der Waals surface area contributed by atoms with Gasteiger partial charge in [0.05, 0.1) is 0 Å². The summed E-state index contributed by atoms with van der Waals surface area (Å²) in [5.74, 6) is -0.764. The van der Waals surface area contributed by atoms with E-state index < -0.39 is 11.5 Å². The number of aliphatic hydroxyl groups is 1. The van der Waals surface area contributed by atoms with Crippen LogP contribution in [0.15, 0.2) is 54.6 Å². The van der Waals surface area contributed by atoms with Crippen LogP contribution in [0.4, 0.5) is 0 Å². The predicted octanol–water partition coefficient (Wildman–Crippen LogP) is 1.97. The predicted molar refractivity (Wildman–Crippen MR) is 74.5 cm³/mol. The van der Waals surface area contributed by atoms with Crippen LogP contribution in [0.5, 0.6) is 0 Å². The van der Waals surface area contributed by atoms with Crippen molar-refractivity contribution in [3.05, 3.63) is 71.3 Å². The van der Waals surface area contributed by atoms with Crippen LogP contribution in [0.2, 0.25) is 0 Å². The van der Waals surface area contributed by atoms with Gasteiger partial charge in [-0.05, 0) is 17.5 Å². The first kappa shape index (κ1) is 13.3. The molecule has 2 rings (SSSR count). The van der Waals surface area contributed by atoms with Gasteiger partial charge in [-0.25, -0.2) is 0 Å². The first-order chi connectivity index (χ1) is 9.10. The van der Waals surface area contributed by atoms with E-state index in [0.717, 1.165) is 12.0 Å². The highest BCUT2D eigenvalue weighted by Gasteiger charge is 2.39. The van der Waals surface area contributed by atoms with Gasteiger partial charge >= 0.3 is 0 Å². The molecule has 0 fully saturated rings. The lowest BCUT2D eigenvalue weighted by atomic mass is 9.82. The summed E-state index contributed by atoms with van der Waals surface area (Å²) in [5, 5.41) is 10.9. The van der Waals surface area contributed by atoms with Crippen LogP contribution < -0.4 is 5.73 Å². The number of nitrogens with two attached hydrogens (primary N) is 1. The molecular formula is C16H17NO2. The molecule has 0 aromatic heterocycles. The lowest BCUT2D eigenvalue weighted by Gasteiger charge is -2.27. The molecule has 98 valence electrons. The molecule has 2 aromatic rings. The molecular weight excluding hydrogens is 238 g/mol. The zero-order chi connectivity index (χ0) is 13.9. The molecule has 0 radical (unpaired) electrons. The average molecular weight is 255 g/mol. The van der Waals surface area contributed by atoms with E-state index in [2.05, 4.69) is 0 Å². The number of amides is 1. The van der Waals surface area contributed by atoms with Gasteiger partial charge in [0, 0.05) is 5.56 Å². The first-order valence-corrected chi connectivity index (χ1v) is 6.27. The number of rotatable bonds is 4. The number of carbonyl (C=O) groups is 1. The maximum Gasteiger partial charge on any atom is 0.258 e. The third kappa shape index (κ3) is 2.25. The fourth-order valence-corrected chi connectivity index (χ4v) is 2.29. The summed E-state index contributed by atoms with van der Waals surface area (Å²) in [6.07, 6.45) is 0.721. The monoisotopic (exact) mass is 255 g/mol. The second-order valence-electron chi connectivity index (χ2n) is 4.45. The molecule has 0 heterocycles. The Hall–Kier alpha value is -2.13. The number of primary amides is 1. The molecule has 3 N–H and O–H groups in total. The van der Waals surface area contributed by atoms with Crippen molar-refractivity contribution in [3.8, 4) is 0 Å². The Bertz CT molecular complexity index is 580. The Morgan fingerprint density at radius 1 is 1.11 bits per heavy atom. The SMILES string of the molecule is CCc1ccccc1[C@](O)(C(N)=O)c1ccccc1. The van der Waals surface area contributed by atoms with Gasteiger partial charge in [0.15, 0.2) is 5.60 Å². The quantitative estimate of drug-likeness (QED) is 0.877. The van der Waals surface area contributed by atoms with Crippen LogP contribution in [0.1, 0.15) is 23.6 Å². The number of hydrogen-bond acceptors (Lipinski definition) is 2. The topological polar surface area (TPSA) is 63.3 Å². The fraction of sp³-hybridized carbons (Fsp3) is 0.188. The first-order valence-electron chi connectivity index (χ1n) is 6.27. The van der Waals surface area contributed by atoms with Gasteiger partial charge in [-0.15, -0.1) is 0 Å². The number of hydrogen-bond donors (Lipinski definition) is 2. The molecule has 0 aliphatic heterocycles. The van der Waals surface area contributed by atoms with Crippen LogP contribution in [-0.4, -0.2) is 11.0 Å². The van der Waals surface area contributed by atoms with Crippen LogP contribution in [0.3, 0.4) is 0 Å². The summed E-state index contributed by atoms with van der Waals surface area (Å²) in [4.78, 5) is 11.9. The minimum atomic E-state index is -1.78. The molecule has 1 amide bonds. The zero-order valence-electron chi connectivity index (χ0n) is 10.8. The lowest BCUT2D eigenvalue weighted by molar-refractivity contribution is -0.133. The van der Waals surface area contributed by atoms with Crippen LogP contribution in [-0.2, 0) is 16.8 Å². The number of benzene rings is 2. The van der Waals surface area contributed by atoms with Gasteiger partial charge in [0.2, 0.25) is 0 Å². The van der Waals surface area contributed by atoms with Crippen molar-refractivity contribution in [3.63, 3.8) is 0 Å². The summed E-state index contributed by atoms with van der Waals surface area (Å²) < 4.78 is 0. The maximum atomic E-state index is 11.9. The Kier molecular flexibility index (Phi) is 3.67. The summed E-state index contributed by atoms with van der Waals surface area (Å²) in [7, 11) is 0. The molecule has 2 aromatic carbocycles. The molecule has 0 aliphatic carbocycles. The normalized spacial score (nSPS) is 13.8. The zero-order valence-corrected chi connectivity index (χ0v) is 10.8. The van der Waals surface area contributed by atoms with Crippen molar-refractivity contribution < 1.29 is 9.90 Å². The highest BCUT2D eigenvalue weighted by Crippen LogP contribution is 2.31. The molecule has 0 saturated carbocycles. The van der Waals surface area contributed by atoms with Crippen molar-refractivity contribution in [1.82, 2.24) is 0 Å². The van der Waals surface area contributed by atoms with E-state index in [-0.39, 0.29) is 0 Å². The Labute approximate surface area is 112 Å². The molecule has 3 heteroatoms.